The third-order valence-corrected chi connectivity index (χ3v) is 6.27. The highest BCUT2D eigenvalue weighted by molar-refractivity contribution is 7.92. The fourth-order valence-electron chi connectivity index (χ4n) is 3.28. The number of nitrogens with zero attached hydrogens (tertiary/aromatic N) is 1. The van der Waals surface area contributed by atoms with Gasteiger partial charge in [0.15, 0.2) is 0 Å². The molecule has 1 aliphatic carbocycles. The maximum Gasteiger partial charge on any atom is 0.235 e. The van der Waals surface area contributed by atoms with Crippen molar-refractivity contribution in [1.29, 1.82) is 0 Å². The zero-order valence-corrected chi connectivity index (χ0v) is 12.5. The molecule has 0 amide bonds. The molecule has 5 heteroatoms. The van der Waals surface area contributed by atoms with E-state index >= 15 is 0 Å². The van der Waals surface area contributed by atoms with E-state index in [1.165, 1.54) is 12.8 Å². The first-order valence-corrected chi connectivity index (χ1v) is 9.07. The van der Waals surface area contributed by atoms with Crippen molar-refractivity contribution in [3.05, 3.63) is 29.8 Å². The molecule has 2 aliphatic rings. The summed E-state index contributed by atoms with van der Waals surface area (Å²) in [6, 6.07) is 7.82. The van der Waals surface area contributed by atoms with Crippen molar-refractivity contribution >= 4 is 15.7 Å². The molecule has 0 spiro atoms. The number of sulfonamides is 1. The number of anilines is 1. The lowest BCUT2D eigenvalue weighted by Crippen LogP contribution is -2.37. The van der Waals surface area contributed by atoms with Gasteiger partial charge in [0, 0.05) is 19.6 Å². The summed E-state index contributed by atoms with van der Waals surface area (Å²) in [5.41, 5.74) is 1.93. The Balaban J connectivity index is 1.88. The SMILES string of the molecule is O=S(=O)(CC1CCCC1)N1CCNCc2ccccc21. The minimum absolute atomic E-state index is 0.307. The number of benzene rings is 1. The fourth-order valence-corrected chi connectivity index (χ4v) is 5.24. The van der Waals surface area contributed by atoms with Gasteiger partial charge in [0.25, 0.3) is 0 Å². The highest BCUT2D eigenvalue weighted by Gasteiger charge is 2.30. The average Bonchev–Trinajstić information content (AvgIpc) is 2.81. The monoisotopic (exact) mass is 294 g/mol. The van der Waals surface area contributed by atoms with Crippen LogP contribution in [0.15, 0.2) is 24.3 Å². The molecule has 4 nitrogen and oxygen atoms in total. The highest BCUT2D eigenvalue weighted by Crippen LogP contribution is 2.30. The van der Waals surface area contributed by atoms with E-state index in [1.807, 2.05) is 24.3 Å². The molecule has 1 aromatic carbocycles. The zero-order chi connectivity index (χ0) is 14.0. The van der Waals surface area contributed by atoms with Crippen molar-refractivity contribution in [1.82, 2.24) is 5.32 Å². The molecule has 0 aromatic heterocycles. The van der Waals surface area contributed by atoms with Gasteiger partial charge in [0.05, 0.1) is 11.4 Å². The van der Waals surface area contributed by atoms with Gasteiger partial charge in [-0.15, -0.1) is 0 Å². The average molecular weight is 294 g/mol. The van der Waals surface area contributed by atoms with E-state index in [4.69, 9.17) is 0 Å². The maximum atomic E-state index is 12.8. The Morgan fingerprint density at radius 3 is 2.75 bits per heavy atom. The van der Waals surface area contributed by atoms with Crippen LogP contribution in [0.3, 0.4) is 0 Å². The van der Waals surface area contributed by atoms with E-state index in [0.717, 1.165) is 30.6 Å². The summed E-state index contributed by atoms with van der Waals surface area (Å²) in [5.74, 6) is 0.657. The Hall–Kier alpha value is -1.07. The van der Waals surface area contributed by atoms with Gasteiger partial charge in [-0.2, -0.15) is 0 Å². The van der Waals surface area contributed by atoms with Gasteiger partial charge in [0.2, 0.25) is 10.0 Å². The predicted molar refractivity (Wildman–Crippen MR) is 81.2 cm³/mol. The molecule has 0 bridgehead atoms. The van der Waals surface area contributed by atoms with Gasteiger partial charge >= 0.3 is 0 Å². The molecular formula is C15H22N2O2S. The molecular weight excluding hydrogens is 272 g/mol. The minimum atomic E-state index is -3.21. The number of para-hydroxylation sites is 1. The molecule has 110 valence electrons. The quantitative estimate of drug-likeness (QED) is 0.929. The molecule has 1 fully saturated rings. The van der Waals surface area contributed by atoms with Crippen LogP contribution in [0.25, 0.3) is 0 Å². The lowest BCUT2D eigenvalue weighted by atomic mass is 10.1. The van der Waals surface area contributed by atoms with Gasteiger partial charge in [-0.1, -0.05) is 31.0 Å². The molecule has 1 saturated carbocycles. The first-order chi connectivity index (χ1) is 9.67. The van der Waals surface area contributed by atoms with Crippen molar-refractivity contribution in [2.75, 3.05) is 23.1 Å². The normalized spacial score (nSPS) is 20.7. The molecule has 1 heterocycles. The lowest BCUT2D eigenvalue weighted by Gasteiger charge is -2.25. The van der Waals surface area contributed by atoms with Gasteiger partial charge in [0.1, 0.15) is 0 Å². The standard InChI is InChI=1S/C15H22N2O2S/c18-20(19,12-13-5-1-2-6-13)17-10-9-16-11-14-7-3-4-8-15(14)17/h3-4,7-8,13,16H,1-2,5-6,9-12H2. The number of fused-ring (bicyclic) bond motifs is 1. The summed E-state index contributed by atoms with van der Waals surface area (Å²) in [5, 5.41) is 3.29. The summed E-state index contributed by atoms with van der Waals surface area (Å²) in [7, 11) is -3.21. The van der Waals surface area contributed by atoms with Crippen LogP contribution in [-0.2, 0) is 16.6 Å². The minimum Gasteiger partial charge on any atom is -0.311 e. The summed E-state index contributed by atoms with van der Waals surface area (Å²) < 4.78 is 27.1. The molecule has 0 radical (unpaired) electrons. The molecule has 20 heavy (non-hydrogen) atoms. The van der Waals surface area contributed by atoms with Crippen LogP contribution in [0.2, 0.25) is 0 Å². The molecule has 0 unspecified atom stereocenters. The number of hydrogen-bond acceptors (Lipinski definition) is 3. The summed E-state index contributed by atoms with van der Waals surface area (Å²) in [6.07, 6.45) is 4.48. The topological polar surface area (TPSA) is 49.4 Å². The number of rotatable bonds is 3. The molecule has 1 N–H and O–H groups in total. The van der Waals surface area contributed by atoms with E-state index in [9.17, 15) is 8.42 Å². The lowest BCUT2D eigenvalue weighted by molar-refractivity contribution is 0.554. The number of nitrogens with one attached hydrogen (secondary N) is 1. The highest BCUT2D eigenvalue weighted by atomic mass is 32.2. The molecule has 0 atom stereocenters. The molecule has 1 aliphatic heterocycles. The summed E-state index contributed by atoms with van der Waals surface area (Å²) >= 11 is 0. The van der Waals surface area contributed by atoms with Crippen LogP contribution in [0.1, 0.15) is 31.2 Å². The third-order valence-electron chi connectivity index (χ3n) is 4.32. The molecule has 0 saturated heterocycles. The smallest absolute Gasteiger partial charge is 0.235 e. The van der Waals surface area contributed by atoms with Gasteiger partial charge in [-0.3, -0.25) is 4.31 Å². The van der Waals surface area contributed by atoms with Gasteiger partial charge in [-0.05, 0) is 30.4 Å². The van der Waals surface area contributed by atoms with E-state index in [1.54, 1.807) is 4.31 Å². The van der Waals surface area contributed by atoms with Crippen LogP contribution in [-0.4, -0.2) is 27.3 Å². The predicted octanol–water partition coefficient (Wildman–Crippen LogP) is 2.12. The Morgan fingerprint density at radius 2 is 1.95 bits per heavy atom. The van der Waals surface area contributed by atoms with Crippen molar-refractivity contribution < 1.29 is 8.42 Å². The van der Waals surface area contributed by atoms with Crippen LogP contribution in [0, 0.1) is 5.92 Å². The Bertz CT molecular complexity index is 565. The summed E-state index contributed by atoms with van der Waals surface area (Å²) in [4.78, 5) is 0. The van der Waals surface area contributed by atoms with Crippen molar-refractivity contribution in [3.63, 3.8) is 0 Å². The van der Waals surface area contributed by atoms with Crippen LogP contribution >= 0.6 is 0 Å². The van der Waals surface area contributed by atoms with E-state index in [-0.39, 0.29) is 0 Å². The Morgan fingerprint density at radius 1 is 1.20 bits per heavy atom. The van der Waals surface area contributed by atoms with Crippen molar-refractivity contribution in [3.8, 4) is 0 Å². The van der Waals surface area contributed by atoms with E-state index in [2.05, 4.69) is 5.32 Å². The first-order valence-electron chi connectivity index (χ1n) is 7.46. The van der Waals surface area contributed by atoms with Gasteiger partial charge in [-0.25, -0.2) is 8.42 Å². The van der Waals surface area contributed by atoms with Gasteiger partial charge < -0.3 is 5.32 Å². The number of hydrogen-bond donors (Lipinski definition) is 1. The van der Waals surface area contributed by atoms with E-state index in [0.29, 0.717) is 24.8 Å². The largest absolute Gasteiger partial charge is 0.311 e. The van der Waals surface area contributed by atoms with Crippen LogP contribution in [0.4, 0.5) is 5.69 Å². The van der Waals surface area contributed by atoms with Crippen molar-refractivity contribution in [2.24, 2.45) is 5.92 Å². The Kier molecular flexibility index (Phi) is 3.98. The fraction of sp³-hybridized carbons (Fsp3) is 0.600. The molecule has 3 rings (SSSR count). The van der Waals surface area contributed by atoms with Crippen LogP contribution < -0.4 is 9.62 Å². The zero-order valence-electron chi connectivity index (χ0n) is 11.7. The second-order valence-corrected chi connectivity index (χ2v) is 7.74. The summed E-state index contributed by atoms with van der Waals surface area (Å²) in [6.45, 7) is 1.98. The Labute approximate surface area is 121 Å². The second kappa shape index (κ2) is 5.74. The second-order valence-electron chi connectivity index (χ2n) is 5.81. The van der Waals surface area contributed by atoms with Crippen LogP contribution in [0.5, 0.6) is 0 Å². The first kappa shape index (κ1) is 13.9. The van der Waals surface area contributed by atoms with E-state index < -0.39 is 10.0 Å². The van der Waals surface area contributed by atoms with Crippen molar-refractivity contribution in [2.45, 2.75) is 32.2 Å². The maximum absolute atomic E-state index is 12.8. The third kappa shape index (κ3) is 2.83. The molecule has 1 aromatic rings.